The summed E-state index contributed by atoms with van der Waals surface area (Å²) < 4.78 is 24.1. The van der Waals surface area contributed by atoms with Crippen molar-refractivity contribution in [2.75, 3.05) is 6.61 Å². The molecule has 3 rings (SSSR count). The Balaban J connectivity index is 1.71. The molecule has 0 heterocycles. The number of halogens is 2. The fourth-order valence-corrected chi connectivity index (χ4v) is 3.16. The van der Waals surface area contributed by atoms with Gasteiger partial charge < -0.3 is 8.92 Å². The summed E-state index contributed by atoms with van der Waals surface area (Å²) in [7, 11) is 0. The van der Waals surface area contributed by atoms with Crippen LogP contribution in [0.15, 0.2) is 48.5 Å². The van der Waals surface area contributed by atoms with Crippen molar-refractivity contribution in [2.45, 2.75) is 24.9 Å². The van der Waals surface area contributed by atoms with Crippen LogP contribution in [0.2, 0.25) is 5.02 Å². The first-order chi connectivity index (χ1) is 11.2. The van der Waals surface area contributed by atoms with E-state index in [1.807, 2.05) is 24.3 Å². The van der Waals surface area contributed by atoms with E-state index in [9.17, 15) is 4.39 Å². The van der Waals surface area contributed by atoms with Crippen LogP contribution in [-0.4, -0.2) is 12.7 Å². The standard InChI is InChI=1S/C18H18ClFO2S/c19-14-5-3-13(4-6-14)18(12-1-2-12)17(22-23)11-21-16-9-7-15(20)8-10-16/h3-10,12,17-18,23H,1-2,11H2. The summed E-state index contributed by atoms with van der Waals surface area (Å²) in [5.41, 5.74) is 1.18. The lowest BCUT2D eigenvalue weighted by Crippen LogP contribution is -2.28. The molecular weight excluding hydrogens is 335 g/mol. The van der Waals surface area contributed by atoms with Crippen molar-refractivity contribution in [3.05, 3.63) is 64.9 Å². The Bertz CT molecular complexity index is 628. The Morgan fingerprint density at radius 2 is 1.74 bits per heavy atom. The summed E-state index contributed by atoms with van der Waals surface area (Å²) in [6, 6.07) is 13.8. The van der Waals surface area contributed by atoms with Gasteiger partial charge in [-0.05, 0) is 73.6 Å². The fraction of sp³-hybridized carbons (Fsp3) is 0.333. The molecule has 0 saturated heterocycles. The molecule has 2 atom stereocenters. The number of rotatable bonds is 7. The first-order valence-corrected chi connectivity index (χ1v) is 8.35. The fourth-order valence-electron chi connectivity index (χ4n) is 2.84. The molecule has 0 bridgehead atoms. The van der Waals surface area contributed by atoms with Gasteiger partial charge in [0.2, 0.25) is 0 Å². The number of hydrogen-bond donors (Lipinski definition) is 1. The SMILES string of the molecule is Fc1ccc(OCC(OS)C(c2ccc(Cl)cc2)C2CC2)cc1. The van der Waals surface area contributed by atoms with Crippen LogP contribution in [0.25, 0.3) is 0 Å². The van der Waals surface area contributed by atoms with Crippen LogP contribution in [0.4, 0.5) is 4.39 Å². The Labute approximate surface area is 146 Å². The molecule has 0 spiro atoms. The minimum atomic E-state index is -0.281. The van der Waals surface area contributed by atoms with E-state index < -0.39 is 0 Å². The molecule has 0 aromatic heterocycles. The molecule has 1 saturated carbocycles. The Kier molecular flexibility index (Phi) is 5.46. The van der Waals surface area contributed by atoms with E-state index in [2.05, 4.69) is 12.9 Å². The quantitative estimate of drug-likeness (QED) is 0.539. The van der Waals surface area contributed by atoms with Gasteiger partial charge in [-0.1, -0.05) is 23.7 Å². The van der Waals surface area contributed by atoms with Crippen molar-refractivity contribution in [1.82, 2.24) is 0 Å². The molecule has 0 amide bonds. The van der Waals surface area contributed by atoms with Crippen LogP contribution in [0.3, 0.4) is 0 Å². The zero-order valence-corrected chi connectivity index (χ0v) is 14.1. The smallest absolute Gasteiger partial charge is 0.123 e. The Morgan fingerprint density at radius 3 is 2.30 bits per heavy atom. The molecule has 2 unspecified atom stereocenters. The van der Waals surface area contributed by atoms with Gasteiger partial charge in [-0.25, -0.2) is 4.39 Å². The minimum Gasteiger partial charge on any atom is -0.491 e. The van der Waals surface area contributed by atoms with E-state index in [4.69, 9.17) is 20.5 Å². The highest BCUT2D eigenvalue weighted by atomic mass is 35.5. The Hall–Kier alpha value is -1.23. The first kappa shape index (κ1) is 16.6. The van der Waals surface area contributed by atoms with Crippen LogP contribution < -0.4 is 4.74 Å². The highest BCUT2D eigenvalue weighted by molar-refractivity contribution is 7.75. The van der Waals surface area contributed by atoms with Gasteiger partial charge in [-0.2, -0.15) is 0 Å². The third-order valence-electron chi connectivity index (χ3n) is 4.15. The molecular formula is C18H18ClFO2S. The molecule has 2 aromatic carbocycles. The number of hydrogen-bond acceptors (Lipinski definition) is 3. The van der Waals surface area contributed by atoms with Crippen LogP contribution in [0, 0.1) is 11.7 Å². The van der Waals surface area contributed by atoms with Crippen molar-refractivity contribution < 1.29 is 13.3 Å². The molecule has 2 nitrogen and oxygen atoms in total. The monoisotopic (exact) mass is 352 g/mol. The zero-order chi connectivity index (χ0) is 16.2. The average Bonchev–Trinajstić information content (AvgIpc) is 3.39. The molecule has 1 aliphatic rings. The second-order valence-corrected chi connectivity index (χ2v) is 6.47. The van der Waals surface area contributed by atoms with Crippen LogP contribution in [0.1, 0.15) is 24.3 Å². The van der Waals surface area contributed by atoms with Crippen molar-refractivity contribution in [3.63, 3.8) is 0 Å². The normalized spacial score (nSPS) is 16.8. The number of thiol groups is 1. The zero-order valence-electron chi connectivity index (χ0n) is 12.5. The third-order valence-corrected chi connectivity index (χ3v) is 4.67. The van der Waals surface area contributed by atoms with Gasteiger partial charge in [0.1, 0.15) is 24.3 Å². The summed E-state index contributed by atoms with van der Waals surface area (Å²) in [6.07, 6.45) is 2.17. The predicted molar refractivity (Wildman–Crippen MR) is 92.7 cm³/mol. The lowest BCUT2D eigenvalue weighted by Gasteiger charge is -2.26. The Morgan fingerprint density at radius 1 is 1.09 bits per heavy atom. The van der Waals surface area contributed by atoms with E-state index in [-0.39, 0.29) is 17.8 Å². The summed E-state index contributed by atoms with van der Waals surface area (Å²) in [6.45, 7) is 0.360. The van der Waals surface area contributed by atoms with Crippen molar-refractivity contribution >= 4 is 24.5 Å². The lowest BCUT2D eigenvalue weighted by molar-refractivity contribution is 0.120. The van der Waals surface area contributed by atoms with Gasteiger partial charge in [-0.3, -0.25) is 0 Å². The van der Waals surface area contributed by atoms with Crippen molar-refractivity contribution in [2.24, 2.45) is 5.92 Å². The number of ether oxygens (including phenoxy) is 1. The van der Waals surface area contributed by atoms with Crippen LogP contribution in [-0.2, 0) is 4.18 Å². The van der Waals surface area contributed by atoms with E-state index in [0.717, 1.165) is 0 Å². The molecule has 5 heteroatoms. The molecule has 2 aromatic rings. The highest BCUT2D eigenvalue weighted by Crippen LogP contribution is 2.45. The van der Waals surface area contributed by atoms with E-state index in [1.54, 1.807) is 12.1 Å². The third kappa shape index (κ3) is 4.40. The van der Waals surface area contributed by atoms with E-state index in [1.165, 1.54) is 30.5 Å². The lowest BCUT2D eigenvalue weighted by atomic mass is 9.89. The second kappa shape index (κ2) is 7.56. The maximum atomic E-state index is 12.9. The molecule has 1 fully saturated rings. The van der Waals surface area contributed by atoms with E-state index >= 15 is 0 Å². The second-order valence-electron chi connectivity index (χ2n) is 5.82. The molecule has 0 aliphatic heterocycles. The maximum Gasteiger partial charge on any atom is 0.123 e. The van der Waals surface area contributed by atoms with E-state index in [0.29, 0.717) is 23.3 Å². The highest BCUT2D eigenvalue weighted by Gasteiger charge is 2.38. The van der Waals surface area contributed by atoms with Gasteiger partial charge in [-0.15, -0.1) is 0 Å². The van der Waals surface area contributed by atoms with Gasteiger partial charge in [0.25, 0.3) is 0 Å². The molecule has 0 N–H and O–H groups in total. The summed E-state index contributed by atoms with van der Waals surface area (Å²) in [5.74, 6) is 1.12. The predicted octanol–water partition coefficient (Wildman–Crippen LogP) is 5.28. The maximum absolute atomic E-state index is 12.9. The molecule has 122 valence electrons. The molecule has 1 aliphatic carbocycles. The first-order valence-electron chi connectivity index (χ1n) is 7.61. The van der Waals surface area contributed by atoms with Gasteiger partial charge in [0.05, 0.1) is 0 Å². The van der Waals surface area contributed by atoms with Gasteiger partial charge >= 0.3 is 0 Å². The molecule has 0 radical (unpaired) electrons. The summed E-state index contributed by atoms with van der Waals surface area (Å²) in [5, 5.41) is 0.717. The number of benzene rings is 2. The molecule has 23 heavy (non-hydrogen) atoms. The van der Waals surface area contributed by atoms with Gasteiger partial charge in [0.15, 0.2) is 0 Å². The van der Waals surface area contributed by atoms with Crippen LogP contribution in [0.5, 0.6) is 5.75 Å². The largest absolute Gasteiger partial charge is 0.491 e. The average molecular weight is 353 g/mol. The van der Waals surface area contributed by atoms with Crippen molar-refractivity contribution in [3.8, 4) is 5.75 Å². The van der Waals surface area contributed by atoms with Crippen LogP contribution >= 0.6 is 24.5 Å². The minimum absolute atomic E-state index is 0.183. The van der Waals surface area contributed by atoms with Gasteiger partial charge in [0, 0.05) is 10.9 Å². The topological polar surface area (TPSA) is 18.5 Å². The summed E-state index contributed by atoms with van der Waals surface area (Å²) in [4.78, 5) is 0. The summed E-state index contributed by atoms with van der Waals surface area (Å²) >= 11 is 10.0. The van der Waals surface area contributed by atoms with Crippen molar-refractivity contribution in [1.29, 1.82) is 0 Å².